The van der Waals surface area contributed by atoms with E-state index >= 15 is 0 Å². The van der Waals surface area contributed by atoms with Crippen molar-refractivity contribution in [2.45, 2.75) is 32.2 Å². The van der Waals surface area contributed by atoms with Crippen LogP contribution in [0.3, 0.4) is 0 Å². The lowest BCUT2D eigenvalue weighted by Crippen LogP contribution is -2.48. The molecule has 0 radical (unpaired) electrons. The largest absolute Gasteiger partial charge is 0.481 e. The lowest BCUT2D eigenvalue weighted by atomic mass is 9.79. The summed E-state index contributed by atoms with van der Waals surface area (Å²) in [6.07, 6.45) is 2.55. The molecule has 0 aliphatic carbocycles. The van der Waals surface area contributed by atoms with E-state index in [1.807, 2.05) is 24.3 Å². The summed E-state index contributed by atoms with van der Waals surface area (Å²) in [5.41, 5.74) is 0.618. The molecule has 1 heterocycles. The Balaban J connectivity index is 1.91. The number of hydrogen-bond donors (Lipinski definition) is 2. The van der Waals surface area contributed by atoms with Crippen LogP contribution in [0.5, 0.6) is 0 Å². The Kier molecular flexibility index (Phi) is 3.93. The first kappa shape index (κ1) is 13.4. The second-order valence-corrected chi connectivity index (χ2v) is 5.75. The third-order valence-corrected chi connectivity index (χ3v) is 3.99. The average Bonchev–Trinajstić information content (AvgIpc) is 2.35. The van der Waals surface area contributed by atoms with Crippen molar-refractivity contribution in [2.24, 2.45) is 5.41 Å². The van der Waals surface area contributed by atoms with Crippen molar-refractivity contribution in [2.75, 3.05) is 6.54 Å². The molecule has 1 aromatic rings. The molecule has 0 spiro atoms. The van der Waals surface area contributed by atoms with Crippen LogP contribution in [0, 0.1) is 5.41 Å². The van der Waals surface area contributed by atoms with Crippen LogP contribution in [-0.4, -0.2) is 23.7 Å². The highest BCUT2D eigenvalue weighted by atomic mass is 35.5. The van der Waals surface area contributed by atoms with Gasteiger partial charge in [-0.15, -0.1) is 0 Å². The summed E-state index contributed by atoms with van der Waals surface area (Å²) in [6.45, 7) is 2.35. The van der Waals surface area contributed by atoms with Gasteiger partial charge in [0.05, 0.1) is 5.41 Å². The fraction of sp³-hybridized carbons (Fsp3) is 0.500. The van der Waals surface area contributed by atoms with Crippen molar-refractivity contribution < 1.29 is 9.90 Å². The Bertz CT molecular complexity index is 422. The van der Waals surface area contributed by atoms with Gasteiger partial charge in [0.2, 0.25) is 0 Å². The zero-order chi connectivity index (χ0) is 13.2. The van der Waals surface area contributed by atoms with E-state index in [-0.39, 0.29) is 0 Å². The third kappa shape index (κ3) is 3.03. The minimum atomic E-state index is -0.708. The highest BCUT2D eigenvalue weighted by molar-refractivity contribution is 6.30. The number of benzene rings is 1. The number of carboxylic acid groups (broad SMARTS) is 1. The molecule has 1 aliphatic heterocycles. The van der Waals surface area contributed by atoms with E-state index in [1.165, 1.54) is 5.56 Å². The minimum absolute atomic E-state index is 0.360. The second kappa shape index (κ2) is 5.29. The highest BCUT2D eigenvalue weighted by Crippen LogP contribution is 2.28. The monoisotopic (exact) mass is 267 g/mol. The third-order valence-electron chi connectivity index (χ3n) is 3.74. The summed E-state index contributed by atoms with van der Waals surface area (Å²) in [7, 11) is 0. The van der Waals surface area contributed by atoms with Crippen LogP contribution in [-0.2, 0) is 11.2 Å². The Hall–Kier alpha value is -1.06. The quantitative estimate of drug-likeness (QED) is 0.885. The molecule has 1 fully saturated rings. The van der Waals surface area contributed by atoms with E-state index in [0.717, 1.165) is 24.3 Å². The van der Waals surface area contributed by atoms with Gasteiger partial charge in [-0.05, 0) is 43.9 Å². The van der Waals surface area contributed by atoms with Crippen molar-refractivity contribution in [3.8, 4) is 0 Å². The summed E-state index contributed by atoms with van der Waals surface area (Å²) in [4.78, 5) is 11.1. The van der Waals surface area contributed by atoms with Crippen LogP contribution in [0.2, 0.25) is 5.02 Å². The molecule has 1 aliphatic rings. The topological polar surface area (TPSA) is 49.3 Å². The summed E-state index contributed by atoms with van der Waals surface area (Å²) in [5, 5.41) is 13.2. The van der Waals surface area contributed by atoms with Gasteiger partial charge in [-0.25, -0.2) is 0 Å². The van der Waals surface area contributed by atoms with Gasteiger partial charge in [-0.2, -0.15) is 0 Å². The molecule has 18 heavy (non-hydrogen) atoms. The van der Waals surface area contributed by atoms with Gasteiger partial charge in [0.15, 0.2) is 0 Å². The van der Waals surface area contributed by atoms with Gasteiger partial charge >= 0.3 is 5.97 Å². The fourth-order valence-electron chi connectivity index (χ4n) is 2.31. The van der Waals surface area contributed by atoms with E-state index < -0.39 is 11.4 Å². The summed E-state index contributed by atoms with van der Waals surface area (Å²) >= 11 is 5.85. The first-order chi connectivity index (χ1) is 8.49. The summed E-state index contributed by atoms with van der Waals surface area (Å²) in [5.74, 6) is -0.708. The molecular formula is C14H18ClNO2. The highest BCUT2D eigenvalue weighted by Gasteiger charge is 2.37. The van der Waals surface area contributed by atoms with Gasteiger partial charge in [0.1, 0.15) is 0 Å². The van der Waals surface area contributed by atoms with E-state index in [0.29, 0.717) is 12.6 Å². The van der Waals surface area contributed by atoms with E-state index in [9.17, 15) is 4.79 Å². The smallest absolute Gasteiger partial charge is 0.310 e. The second-order valence-electron chi connectivity index (χ2n) is 5.31. The van der Waals surface area contributed by atoms with Gasteiger partial charge in [0.25, 0.3) is 0 Å². The predicted octanol–water partition coefficient (Wildman–Crippen LogP) is 2.73. The molecule has 1 unspecified atom stereocenters. The number of carbonyl (C=O) groups is 1. The molecule has 3 nitrogen and oxygen atoms in total. The van der Waals surface area contributed by atoms with Gasteiger partial charge in [-0.1, -0.05) is 23.7 Å². The fourth-order valence-corrected chi connectivity index (χ4v) is 2.44. The van der Waals surface area contributed by atoms with Crippen molar-refractivity contribution >= 4 is 17.6 Å². The lowest BCUT2D eigenvalue weighted by Gasteiger charge is -2.35. The van der Waals surface area contributed by atoms with Crippen molar-refractivity contribution in [3.63, 3.8) is 0 Å². The van der Waals surface area contributed by atoms with Crippen molar-refractivity contribution in [1.29, 1.82) is 0 Å². The zero-order valence-electron chi connectivity index (χ0n) is 10.4. The maximum Gasteiger partial charge on any atom is 0.310 e. The number of aliphatic carboxylic acids is 1. The van der Waals surface area contributed by atoms with Crippen LogP contribution < -0.4 is 5.32 Å². The van der Waals surface area contributed by atoms with Gasteiger partial charge in [-0.3, -0.25) is 4.79 Å². The van der Waals surface area contributed by atoms with Gasteiger partial charge in [0, 0.05) is 17.6 Å². The standard InChI is InChI=1S/C14H18ClNO2/c1-14(13(17)18)7-6-12(16-9-14)8-10-2-4-11(15)5-3-10/h2-5,12,16H,6-9H2,1H3,(H,17,18)/t12-,14?/m1/s1. The maximum atomic E-state index is 11.1. The first-order valence-corrected chi connectivity index (χ1v) is 6.59. The SMILES string of the molecule is CC1(C(=O)O)CC[C@H](Cc2ccc(Cl)cc2)NC1. The molecule has 0 saturated carbocycles. The van der Waals surface area contributed by atoms with Crippen molar-refractivity contribution in [3.05, 3.63) is 34.9 Å². The molecule has 2 rings (SSSR count). The molecule has 4 heteroatoms. The maximum absolute atomic E-state index is 11.1. The first-order valence-electron chi connectivity index (χ1n) is 6.21. The molecule has 1 aromatic carbocycles. The average molecular weight is 268 g/mol. The number of carboxylic acids is 1. The van der Waals surface area contributed by atoms with E-state index in [2.05, 4.69) is 5.32 Å². The van der Waals surface area contributed by atoms with Crippen molar-refractivity contribution in [1.82, 2.24) is 5.32 Å². The molecule has 2 atom stereocenters. The van der Waals surface area contributed by atoms with Crippen LogP contribution in [0.15, 0.2) is 24.3 Å². The molecule has 0 bridgehead atoms. The van der Waals surface area contributed by atoms with Crippen LogP contribution >= 0.6 is 11.6 Å². The molecule has 0 aromatic heterocycles. The summed E-state index contributed by atoms with van der Waals surface area (Å²) < 4.78 is 0. The normalized spacial score (nSPS) is 28.0. The van der Waals surface area contributed by atoms with E-state index in [1.54, 1.807) is 6.92 Å². The Morgan fingerprint density at radius 1 is 1.50 bits per heavy atom. The molecule has 2 N–H and O–H groups in total. The van der Waals surface area contributed by atoms with Crippen LogP contribution in [0.25, 0.3) is 0 Å². The van der Waals surface area contributed by atoms with Crippen LogP contribution in [0.1, 0.15) is 25.3 Å². The number of nitrogens with one attached hydrogen (secondary N) is 1. The number of halogens is 1. The lowest BCUT2D eigenvalue weighted by molar-refractivity contribution is -0.149. The number of hydrogen-bond acceptors (Lipinski definition) is 2. The predicted molar refractivity (Wildman–Crippen MR) is 71.9 cm³/mol. The van der Waals surface area contributed by atoms with Crippen LogP contribution in [0.4, 0.5) is 0 Å². The Morgan fingerprint density at radius 2 is 2.17 bits per heavy atom. The molecule has 98 valence electrons. The van der Waals surface area contributed by atoms with E-state index in [4.69, 9.17) is 16.7 Å². The number of piperidine rings is 1. The zero-order valence-corrected chi connectivity index (χ0v) is 11.2. The Labute approximate surface area is 112 Å². The number of rotatable bonds is 3. The Morgan fingerprint density at radius 3 is 2.67 bits per heavy atom. The molecule has 1 saturated heterocycles. The summed E-state index contributed by atoms with van der Waals surface area (Å²) in [6, 6.07) is 8.19. The van der Waals surface area contributed by atoms with Gasteiger partial charge < -0.3 is 10.4 Å². The minimum Gasteiger partial charge on any atom is -0.481 e. The molecular weight excluding hydrogens is 250 g/mol. The molecule has 0 amide bonds.